The molecule has 0 amide bonds. The van der Waals surface area contributed by atoms with Gasteiger partial charge in [-0.2, -0.15) is 4.98 Å². The number of nitrogens with zero attached hydrogens (tertiary/aromatic N) is 3. The van der Waals surface area contributed by atoms with Crippen LogP contribution in [0.15, 0.2) is 53.3 Å². The molecule has 0 aliphatic rings. The van der Waals surface area contributed by atoms with Crippen molar-refractivity contribution < 1.29 is 5.11 Å². The molecule has 0 saturated heterocycles. The molecule has 134 valence electrons. The standard InChI is InChI=1S/C19H20BrN5O/c1-13-11-15(3-4-16(13)20)23-18-12-17(14-5-8-21-9-6-14)24-19(25-18)22-7-2-10-26/h3-6,8-9,11-12,26H,2,7,10H2,1H3,(H2,22,23,24,25). The summed E-state index contributed by atoms with van der Waals surface area (Å²) in [5, 5.41) is 15.5. The number of aliphatic hydroxyl groups excluding tert-OH is 1. The Balaban J connectivity index is 1.91. The number of anilines is 3. The zero-order valence-electron chi connectivity index (χ0n) is 14.4. The average Bonchev–Trinajstić information content (AvgIpc) is 2.66. The highest BCUT2D eigenvalue weighted by Gasteiger charge is 2.08. The molecule has 3 N–H and O–H groups in total. The summed E-state index contributed by atoms with van der Waals surface area (Å²) in [7, 11) is 0. The lowest BCUT2D eigenvalue weighted by molar-refractivity contribution is 0.292. The third-order valence-corrected chi connectivity index (χ3v) is 4.64. The Labute approximate surface area is 160 Å². The molecule has 3 aromatic rings. The molecule has 26 heavy (non-hydrogen) atoms. The van der Waals surface area contributed by atoms with Crippen LogP contribution in [0.2, 0.25) is 0 Å². The van der Waals surface area contributed by atoms with Crippen LogP contribution < -0.4 is 10.6 Å². The highest BCUT2D eigenvalue weighted by Crippen LogP contribution is 2.25. The summed E-state index contributed by atoms with van der Waals surface area (Å²) in [6.07, 6.45) is 4.11. The lowest BCUT2D eigenvalue weighted by atomic mass is 10.2. The minimum absolute atomic E-state index is 0.125. The van der Waals surface area contributed by atoms with Gasteiger partial charge in [-0.25, -0.2) is 4.98 Å². The molecule has 3 rings (SSSR count). The predicted molar refractivity (Wildman–Crippen MR) is 108 cm³/mol. The first-order chi connectivity index (χ1) is 12.7. The molecule has 7 heteroatoms. The number of nitrogens with one attached hydrogen (secondary N) is 2. The molecule has 0 aliphatic carbocycles. The molecule has 0 radical (unpaired) electrons. The SMILES string of the molecule is Cc1cc(Nc2cc(-c3ccncc3)nc(NCCCO)n2)ccc1Br. The Morgan fingerprint density at radius 2 is 1.88 bits per heavy atom. The monoisotopic (exact) mass is 413 g/mol. The molecule has 6 nitrogen and oxygen atoms in total. The van der Waals surface area contributed by atoms with Crippen molar-refractivity contribution in [2.24, 2.45) is 0 Å². The van der Waals surface area contributed by atoms with Gasteiger partial charge in [0, 0.05) is 47.3 Å². The van der Waals surface area contributed by atoms with Gasteiger partial charge in [-0.1, -0.05) is 15.9 Å². The number of rotatable bonds is 7. The first-order valence-electron chi connectivity index (χ1n) is 8.33. The van der Waals surface area contributed by atoms with Gasteiger partial charge in [-0.05, 0) is 49.2 Å². The van der Waals surface area contributed by atoms with Crippen LogP contribution in [0.1, 0.15) is 12.0 Å². The van der Waals surface area contributed by atoms with Crippen LogP contribution >= 0.6 is 15.9 Å². The van der Waals surface area contributed by atoms with Gasteiger partial charge < -0.3 is 15.7 Å². The zero-order chi connectivity index (χ0) is 18.4. The predicted octanol–water partition coefficient (Wildman–Crippen LogP) is 4.15. The van der Waals surface area contributed by atoms with E-state index >= 15 is 0 Å². The van der Waals surface area contributed by atoms with Crippen LogP contribution in [0.5, 0.6) is 0 Å². The number of pyridine rings is 1. The maximum Gasteiger partial charge on any atom is 0.225 e. The minimum atomic E-state index is 0.125. The van der Waals surface area contributed by atoms with Gasteiger partial charge in [0.2, 0.25) is 5.95 Å². The van der Waals surface area contributed by atoms with Gasteiger partial charge in [0.15, 0.2) is 0 Å². The molecule has 0 aliphatic heterocycles. The smallest absolute Gasteiger partial charge is 0.225 e. The molecular weight excluding hydrogens is 394 g/mol. The summed E-state index contributed by atoms with van der Waals surface area (Å²) >= 11 is 3.51. The maximum absolute atomic E-state index is 8.97. The van der Waals surface area contributed by atoms with E-state index in [0.29, 0.717) is 24.7 Å². The lowest BCUT2D eigenvalue weighted by Gasteiger charge is -2.12. The summed E-state index contributed by atoms with van der Waals surface area (Å²) in [5.74, 6) is 1.21. The second-order valence-corrected chi connectivity index (χ2v) is 6.65. The Kier molecular flexibility index (Phi) is 6.14. The summed E-state index contributed by atoms with van der Waals surface area (Å²) in [4.78, 5) is 13.2. The largest absolute Gasteiger partial charge is 0.396 e. The first kappa shape index (κ1) is 18.3. The highest BCUT2D eigenvalue weighted by molar-refractivity contribution is 9.10. The van der Waals surface area contributed by atoms with E-state index in [0.717, 1.165) is 27.0 Å². The van der Waals surface area contributed by atoms with E-state index in [4.69, 9.17) is 5.11 Å². The van der Waals surface area contributed by atoms with E-state index < -0.39 is 0 Å². The molecule has 0 spiro atoms. The topological polar surface area (TPSA) is 83.0 Å². The van der Waals surface area contributed by atoms with Crippen molar-refractivity contribution in [3.8, 4) is 11.3 Å². The van der Waals surface area contributed by atoms with Gasteiger partial charge in [0.05, 0.1) is 5.69 Å². The molecule has 0 saturated carbocycles. The van der Waals surface area contributed by atoms with Gasteiger partial charge >= 0.3 is 0 Å². The van der Waals surface area contributed by atoms with E-state index in [9.17, 15) is 0 Å². The molecule has 0 bridgehead atoms. The lowest BCUT2D eigenvalue weighted by Crippen LogP contribution is -2.08. The van der Waals surface area contributed by atoms with Crippen LogP contribution in [0.3, 0.4) is 0 Å². The van der Waals surface area contributed by atoms with Gasteiger partial charge in [-0.15, -0.1) is 0 Å². The molecule has 0 atom stereocenters. The normalized spacial score (nSPS) is 10.6. The first-order valence-corrected chi connectivity index (χ1v) is 9.12. The maximum atomic E-state index is 8.97. The van der Waals surface area contributed by atoms with Crippen molar-refractivity contribution in [2.45, 2.75) is 13.3 Å². The summed E-state index contributed by atoms with van der Waals surface area (Å²) < 4.78 is 1.06. The molecule has 0 fully saturated rings. The van der Waals surface area contributed by atoms with Crippen LogP contribution in [0, 0.1) is 6.92 Å². The summed E-state index contributed by atoms with van der Waals surface area (Å²) in [6, 6.07) is 11.8. The van der Waals surface area contributed by atoms with E-state index in [2.05, 4.69) is 47.6 Å². The molecule has 0 unspecified atom stereocenters. The van der Waals surface area contributed by atoms with E-state index in [-0.39, 0.29) is 6.61 Å². The molecule has 2 aromatic heterocycles. The second kappa shape index (κ2) is 8.73. The van der Waals surface area contributed by atoms with Crippen LogP contribution in [0.4, 0.5) is 17.5 Å². The van der Waals surface area contributed by atoms with Crippen LogP contribution in [-0.4, -0.2) is 33.2 Å². The Hall–Kier alpha value is -2.51. The van der Waals surface area contributed by atoms with Crippen molar-refractivity contribution in [3.63, 3.8) is 0 Å². The van der Waals surface area contributed by atoms with Crippen molar-refractivity contribution in [1.29, 1.82) is 0 Å². The highest BCUT2D eigenvalue weighted by atomic mass is 79.9. The number of aliphatic hydroxyl groups is 1. The fourth-order valence-corrected chi connectivity index (χ4v) is 2.66. The quantitative estimate of drug-likeness (QED) is 0.504. The summed E-state index contributed by atoms with van der Waals surface area (Å²) in [5.41, 5.74) is 3.85. The van der Waals surface area contributed by atoms with Gasteiger partial charge in [-0.3, -0.25) is 4.98 Å². The zero-order valence-corrected chi connectivity index (χ0v) is 16.0. The third-order valence-electron chi connectivity index (χ3n) is 3.75. The molecule has 1 aromatic carbocycles. The molecule has 2 heterocycles. The number of aryl methyl sites for hydroxylation is 1. The van der Waals surface area contributed by atoms with E-state index in [1.54, 1.807) is 12.4 Å². The minimum Gasteiger partial charge on any atom is -0.396 e. The Bertz CT molecular complexity index is 873. The van der Waals surface area contributed by atoms with Gasteiger partial charge in [0.1, 0.15) is 5.82 Å². The molecular formula is C19H20BrN5O. The van der Waals surface area contributed by atoms with E-state index in [1.165, 1.54) is 0 Å². The summed E-state index contributed by atoms with van der Waals surface area (Å²) in [6.45, 7) is 2.77. The van der Waals surface area contributed by atoms with Crippen LogP contribution in [0.25, 0.3) is 11.3 Å². The number of hydrogen-bond donors (Lipinski definition) is 3. The number of hydrogen-bond acceptors (Lipinski definition) is 6. The average molecular weight is 414 g/mol. The van der Waals surface area contributed by atoms with Crippen molar-refractivity contribution >= 4 is 33.4 Å². The van der Waals surface area contributed by atoms with Gasteiger partial charge in [0.25, 0.3) is 0 Å². The van der Waals surface area contributed by atoms with Crippen molar-refractivity contribution in [1.82, 2.24) is 15.0 Å². The number of benzene rings is 1. The second-order valence-electron chi connectivity index (χ2n) is 5.79. The van der Waals surface area contributed by atoms with E-state index in [1.807, 2.05) is 37.3 Å². The van der Waals surface area contributed by atoms with Crippen LogP contribution in [-0.2, 0) is 0 Å². The fourth-order valence-electron chi connectivity index (χ4n) is 2.41. The Morgan fingerprint density at radius 3 is 2.62 bits per heavy atom. The third kappa shape index (κ3) is 4.77. The number of halogens is 1. The van der Waals surface area contributed by atoms with Crippen molar-refractivity contribution in [2.75, 3.05) is 23.8 Å². The fraction of sp³-hybridized carbons (Fsp3) is 0.211. The Morgan fingerprint density at radius 1 is 1.08 bits per heavy atom. The number of aromatic nitrogens is 3. The van der Waals surface area contributed by atoms with Crippen molar-refractivity contribution in [3.05, 3.63) is 58.8 Å².